The van der Waals surface area contributed by atoms with E-state index in [-0.39, 0.29) is 5.91 Å². The molecule has 0 bridgehead atoms. The Morgan fingerprint density at radius 2 is 2.00 bits per heavy atom. The lowest BCUT2D eigenvalue weighted by Crippen LogP contribution is -2.23. The van der Waals surface area contributed by atoms with Crippen LogP contribution in [0.1, 0.15) is 28.9 Å². The first-order valence-electron chi connectivity index (χ1n) is 9.56. The van der Waals surface area contributed by atoms with Gasteiger partial charge < -0.3 is 10.1 Å². The van der Waals surface area contributed by atoms with Gasteiger partial charge in [-0.25, -0.2) is 14.5 Å². The van der Waals surface area contributed by atoms with Gasteiger partial charge in [0.15, 0.2) is 11.3 Å². The third-order valence-electron chi connectivity index (χ3n) is 5.16. The van der Waals surface area contributed by atoms with E-state index in [9.17, 15) is 4.79 Å². The van der Waals surface area contributed by atoms with Crippen molar-refractivity contribution in [1.29, 1.82) is 0 Å². The zero-order valence-corrected chi connectivity index (χ0v) is 16.8. The Labute approximate surface area is 168 Å². The maximum Gasteiger partial charge on any atom is 0.220 e. The minimum Gasteiger partial charge on any atom is -0.496 e. The number of hydrogen-bond acceptors (Lipinski definition) is 5. The maximum atomic E-state index is 12.4. The number of carbonyl (C=O) groups excluding carboxylic acids is 1. The number of fused-ring (bicyclic) bond motifs is 3. The molecule has 29 heavy (non-hydrogen) atoms. The summed E-state index contributed by atoms with van der Waals surface area (Å²) >= 11 is 0. The van der Waals surface area contributed by atoms with Crippen LogP contribution in [0.5, 0.6) is 5.75 Å². The van der Waals surface area contributed by atoms with Gasteiger partial charge in [0.1, 0.15) is 5.75 Å². The first kappa shape index (κ1) is 18.9. The van der Waals surface area contributed by atoms with E-state index in [0.29, 0.717) is 25.0 Å². The normalized spacial score (nSPS) is 11.1. The molecule has 1 amide bonds. The molecular formula is C22H23N5O2. The second-order valence-electron chi connectivity index (χ2n) is 6.96. The average molecular weight is 389 g/mol. The van der Waals surface area contributed by atoms with Crippen LogP contribution < -0.4 is 10.1 Å². The Bertz CT molecular complexity index is 1200. The Balaban J connectivity index is 1.49. The van der Waals surface area contributed by atoms with Crippen molar-refractivity contribution >= 4 is 22.6 Å². The van der Waals surface area contributed by atoms with Gasteiger partial charge in [-0.3, -0.25) is 4.79 Å². The molecule has 148 valence electrons. The number of nitrogens with one attached hydrogen (secondary N) is 1. The highest BCUT2D eigenvalue weighted by atomic mass is 16.5. The molecule has 0 saturated carbocycles. The Kier molecular flexibility index (Phi) is 5.12. The maximum absolute atomic E-state index is 12.4. The van der Waals surface area contributed by atoms with Crippen molar-refractivity contribution in [3.63, 3.8) is 0 Å². The summed E-state index contributed by atoms with van der Waals surface area (Å²) in [5.41, 5.74) is 5.37. The summed E-state index contributed by atoms with van der Waals surface area (Å²) in [4.78, 5) is 21.5. The van der Waals surface area contributed by atoms with E-state index in [1.807, 2.05) is 54.8 Å². The van der Waals surface area contributed by atoms with Gasteiger partial charge in [-0.05, 0) is 44.0 Å². The van der Waals surface area contributed by atoms with E-state index >= 15 is 0 Å². The number of carbonyl (C=O) groups is 1. The number of nitrogens with zero attached hydrogens (tertiary/aromatic N) is 4. The first-order chi connectivity index (χ1) is 14.1. The summed E-state index contributed by atoms with van der Waals surface area (Å²) in [6, 6.07) is 11.5. The molecule has 1 N–H and O–H groups in total. The number of amides is 1. The highest BCUT2D eigenvalue weighted by Gasteiger charge is 2.15. The molecular weight excluding hydrogens is 366 g/mol. The molecule has 0 aliphatic rings. The number of para-hydroxylation sites is 1. The van der Waals surface area contributed by atoms with E-state index in [4.69, 9.17) is 9.72 Å². The molecule has 0 saturated heterocycles. The van der Waals surface area contributed by atoms with Crippen LogP contribution in [0.15, 0.2) is 42.6 Å². The summed E-state index contributed by atoms with van der Waals surface area (Å²) in [6.45, 7) is 4.42. The molecule has 0 atom stereocenters. The van der Waals surface area contributed by atoms with Crippen LogP contribution in [-0.2, 0) is 17.8 Å². The quantitative estimate of drug-likeness (QED) is 0.548. The zero-order valence-electron chi connectivity index (χ0n) is 16.8. The summed E-state index contributed by atoms with van der Waals surface area (Å²) < 4.78 is 7.16. The number of methoxy groups -OCH3 is 1. The summed E-state index contributed by atoms with van der Waals surface area (Å²) in [6.07, 6.45) is 2.70. The lowest BCUT2D eigenvalue weighted by atomic mass is 10.1. The van der Waals surface area contributed by atoms with Gasteiger partial charge in [0.2, 0.25) is 5.91 Å². The van der Waals surface area contributed by atoms with Crippen molar-refractivity contribution in [3.8, 4) is 5.75 Å². The van der Waals surface area contributed by atoms with Gasteiger partial charge in [-0.2, -0.15) is 0 Å². The molecule has 0 unspecified atom stereocenters. The van der Waals surface area contributed by atoms with Crippen molar-refractivity contribution in [2.75, 3.05) is 7.11 Å². The lowest BCUT2D eigenvalue weighted by molar-refractivity contribution is -0.121. The van der Waals surface area contributed by atoms with Gasteiger partial charge >= 0.3 is 0 Å². The SMILES string of the molecule is COc1ccccc1CNC(=O)CCc1c(C)nc2c3cccnc3nn2c1C. The van der Waals surface area contributed by atoms with E-state index in [0.717, 1.165) is 39.3 Å². The molecule has 0 aliphatic carbocycles. The summed E-state index contributed by atoms with van der Waals surface area (Å²) in [5.74, 6) is 0.760. The number of rotatable bonds is 6. The number of benzene rings is 1. The average Bonchev–Trinajstić information content (AvgIpc) is 3.11. The molecule has 1 aromatic carbocycles. The monoisotopic (exact) mass is 389 g/mol. The zero-order chi connectivity index (χ0) is 20.4. The number of pyridine rings is 1. The predicted molar refractivity (Wildman–Crippen MR) is 111 cm³/mol. The fourth-order valence-corrected chi connectivity index (χ4v) is 3.60. The van der Waals surface area contributed by atoms with Crippen LogP contribution in [0, 0.1) is 13.8 Å². The lowest BCUT2D eigenvalue weighted by Gasteiger charge is -2.12. The van der Waals surface area contributed by atoms with Gasteiger partial charge in [0.05, 0.1) is 12.5 Å². The minimum atomic E-state index is -0.0119. The van der Waals surface area contributed by atoms with Gasteiger partial charge in [0, 0.05) is 36.1 Å². The van der Waals surface area contributed by atoms with Gasteiger partial charge in [0.25, 0.3) is 0 Å². The highest BCUT2D eigenvalue weighted by molar-refractivity contribution is 5.89. The second-order valence-corrected chi connectivity index (χ2v) is 6.96. The van der Waals surface area contributed by atoms with Crippen LogP contribution in [0.25, 0.3) is 16.7 Å². The topological polar surface area (TPSA) is 81.4 Å². The summed E-state index contributed by atoms with van der Waals surface area (Å²) in [7, 11) is 1.63. The smallest absolute Gasteiger partial charge is 0.220 e. The Morgan fingerprint density at radius 3 is 2.83 bits per heavy atom. The highest BCUT2D eigenvalue weighted by Crippen LogP contribution is 2.22. The molecule has 0 fully saturated rings. The van der Waals surface area contributed by atoms with Crippen LogP contribution >= 0.6 is 0 Å². The van der Waals surface area contributed by atoms with Gasteiger partial charge in [-0.15, -0.1) is 5.10 Å². The molecule has 4 rings (SSSR count). The first-order valence-corrected chi connectivity index (χ1v) is 9.56. The van der Waals surface area contributed by atoms with E-state index in [2.05, 4.69) is 15.4 Å². The van der Waals surface area contributed by atoms with Crippen LogP contribution in [0.4, 0.5) is 0 Å². The molecule has 3 aromatic heterocycles. The van der Waals surface area contributed by atoms with Crippen LogP contribution in [-0.4, -0.2) is 32.6 Å². The molecule has 7 nitrogen and oxygen atoms in total. The number of hydrogen-bond donors (Lipinski definition) is 1. The largest absolute Gasteiger partial charge is 0.496 e. The molecule has 7 heteroatoms. The van der Waals surface area contributed by atoms with Crippen molar-refractivity contribution in [1.82, 2.24) is 24.9 Å². The molecule has 0 radical (unpaired) electrons. The van der Waals surface area contributed by atoms with Gasteiger partial charge in [-0.1, -0.05) is 18.2 Å². The fraction of sp³-hybridized carbons (Fsp3) is 0.273. The van der Waals surface area contributed by atoms with E-state index in [1.165, 1.54) is 0 Å². The third kappa shape index (κ3) is 3.63. The van der Waals surface area contributed by atoms with E-state index in [1.54, 1.807) is 13.3 Å². The van der Waals surface area contributed by atoms with E-state index < -0.39 is 0 Å². The van der Waals surface area contributed by atoms with Crippen LogP contribution in [0.3, 0.4) is 0 Å². The van der Waals surface area contributed by atoms with Crippen molar-refractivity contribution in [2.24, 2.45) is 0 Å². The molecule has 0 aliphatic heterocycles. The van der Waals surface area contributed by atoms with Crippen LogP contribution in [0.2, 0.25) is 0 Å². The molecule has 4 aromatic rings. The Hall–Kier alpha value is -3.48. The predicted octanol–water partition coefficient (Wildman–Crippen LogP) is 3.15. The minimum absolute atomic E-state index is 0.0119. The van der Waals surface area contributed by atoms with Crippen molar-refractivity contribution in [2.45, 2.75) is 33.2 Å². The molecule has 3 heterocycles. The molecule has 0 spiro atoms. The summed E-state index contributed by atoms with van der Waals surface area (Å²) in [5, 5.41) is 8.47. The number of aromatic nitrogens is 4. The van der Waals surface area contributed by atoms with Crippen molar-refractivity contribution < 1.29 is 9.53 Å². The fourth-order valence-electron chi connectivity index (χ4n) is 3.60. The Morgan fingerprint density at radius 1 is 1.17 bits per heavy atom. The number of aryl methyl sites for hydroxylation is 2. The second kappa shape index (κ2) is 7.87. The standard InChI is InChI=1S/C22H23N5O2/c1-14-17(10-11-20(28)24-13-16-7-4-5-9-19(16)29-3)15(2)27-22(25-14)18-8-6-12-23-21(18)26-27/h4-9,12H,10-11,13H2,1-3H3,(H,24,28). The third-order valence-corrected chi connectivity index (χ3v) is 5.16. The number of ether oxygens (including phenoxy) is 1. The van der Waals surface area contributed by atoms with Crippen molar-refractivity contribution in [3.05, 3.63) is 65.1 Å².